The number of pyridine rings is 1. The van der Waals surface area contributed by atoms with Gasteiger partial charge in [-0.25, -0.2) is 0 Å². The molecule has 0 saturated carbocycles. The molecule has 1 aromatic heterocycles. The summed E-state index contributed by atoms with van der Waals surface area (Å²) in [7, 11) is 0. The van der Waals surface area contributed by atoms with E-state index in [1.54, 1.807) is 12.4 Å². The van der Waals surface area contributed by atoms with Crippen molar-refractivity contribution in [3.8, 4) is 0 Å². The third kappa shape index (κ3) is 1.76. The van der Waals surface area contributed by atoms with Crippen molar-refractivity contribution in [2.45, 2.75) is 12.1 Å². The maximum absolute atomic E-state index is 9.87. The van der Waals surface area contributed by atoms with E-state index in [-0.39, 0.29) is 6.04 Å². The van der Waals surface area contributed by atoms with Crippen LogP contribution in [-0.2, 0) is 0 Å². The van der Waals surface area contributed by atoms with Gasteiger partial charge in [0, 0.05) is 24.5 Å². The highest BCUT2D eigenvalue weighted by Gasteiger charge is 2.19. The van der Waals surface area contributed by atoms with Crippen LogP contribution in [-0.4, -0.2) is 22.7 Å². The van der Waals surface area contributed by atoms with Gasteiger partial charge in [-0.3, -0.25) is 4.98 Å². The minimum Gasteiger partial charge on any atom is -0.386 e. The summed E-state index contributed by atoms with van der Waals surface area (Å²) in [6, 6.07) is 3.74. The normalized spacial score (nSPS) is 23.3. The van der Waals surface area contributed by atoms with Crippen LogP contribution in [0.25, 0.3) is 0 Å². The lowest BCUT2D eigenvalue weighted by Gasteiger charge is -2.16. The lowest BCUT2D eigenvalue weighted by Crippen LogP contribution is -2.29. The molecule has 0 spiro atoms. The summed E-state index contributed by atoms with van der Waals surface area (Å²) in [6.07, 6.45) is 6.90. The lowest BCUT2D eigenvalue weighted by molar-refractivity contribution is 0.152. The molecular formula is C10H12N2O. The van der Waals surface area contributed by atoms with Gasteiger partial charge in [0.25, 0.3) is 0 Å². The molecule has 0 radical (unpaired) electrons. The second kappa shape index (κ2) is 3.68. The second-order valence-electron chi connectivity index (χ2n) is 3.09. The summed E-state index contributed by atoms with van der Waals surface area (Å²) < 4.78 is 0. The third-order valence-electron chi connectivity index (χ3n) is 2.18. The predicted molar refractivity (Wildman–Crippen MR) is 50.1 cm³/mol. The Morgan fingerprint density at radius 3 is 3.15 bits per heavy atom. The highest BCUT2D eigenvalue weighted by molar-refractivity contribution is 5.18. The summed E-state index contributed by atoms with van der Waals surface area (Å²) in [5.74, 6) is 0. The van der Waals surface area contributed by atoms with E-state index < -0.39 is 6.10 Å². The van der Waals surface area contributed by atoms with Gasteiger partial charge in [-0.1, -0.05) is 18.2 Å². The zero-order valence-corrected chi connectivity index (χ0v) is 7.22. The van der Waals surface area contributed by atoms with Crippen molar-refractivity contribution < 1.29 is 5.11 Å². The van der Waals surface area contributed by atoms with E-state index >= 15 is 0 Å². The van der Waals surface area contributed by atoms with Gasteiger partial charge in [0.05, 0.1) is 12.1 Å². The maximum atomic E-state index is 9.87. The topological polar surface area (TPSA) is 45.2 Å². The lowest BCUT2D eigenvalue weighted by atomic mass is 10.1. The molecule has 68 valence electrons. The van der Waals surface area contributed by atoms with Crippen molar-refractivity contribution in [1.82, 2.24) is 10.3 Å². The van der Waals surface area contributed by atoms with Crippen LogP contribution in [0.3, 0.4) is 0 Å². The van der Waals surface area contributed by atoms with Crippen LogP contribution in [0.4, 0.5) is 0 Å². The van der Waals surface area contributed by atoms with Crippen LogP contribution >= 0.6 is 0 Å². The number of hydrogen-bond donors (Lipinski definition) is 2. The molecule has 0 aromatic carbocycles. The van der Waals surface area contributed by atoms with E-state index in [1.165, 1.54) is 0 Å². The molecule has 3 heteroatoms. The van der Waals surface area contributed by atoms with Crippen molar-refractivity contribution in [3.63, 3.8) is 0 Å². The van der Waals surface area contributed by atoms with E-state index in [2.05, 4.69) is 10.3 Å². The number of nitrogens with zero attached hydrogens (tertiary/aromatic N) is 1. The van der Waals surface area contributed by atoms with Gasteiger partial charge in [0.15, 0.2) is 0 Å². The van der Waals surface area contributed by atoms with E-state index in [9.17, 15) is 5.11 Å². The Bertz CT molecular complexity index is 297. The fourth-order valence-electron chi connectivity index (χ4n) is 1.46. The first kappa shape index (κ1) is 8.41. The van der Waals surface area contributed by atoms with Gasteiger partial charge in [-0.2, -0.15) is 0 Å². The number of hydrogen-bond acceptors (Lipinski definition) is 3. The summed E-state index contributed by atoms with van der Waals surface area (Å²) in [6.45, 7) is 0.835. The third-order valence-corrected chi connectivity index (χ3v) is 2.18. The first-order valence-corrected chi connectivity index (χ1v) is 4.36. The second-order valence-corrected chi connectivity index (χ2v) is 3.09. The summed E-state index contributed by atoms with van der Waals surface area (Å²) in [5.41, 5.74) is 0.853. The highest BCUT2D eigenvalue weighted by atomic mass is 16.3. The first-order valence-electron chi connectivity index (χ1n) is 4.36. The molecule has 0 bridgehead atoms. The number of aromatic nitrogens is 1. The molecule has 2 unspecified atom stereocenters. The zero-order valence-electron chi connectivity index (χ0n) is 7.22. The molecule has 0 amide bonds. The Balaban J connectivity index is 2.13. The van der Waals surface area contributed by atoms with Crippen molar-refractivity contribution in [2.24, 2.45) is 0 Å². The minimum absolute atomic E-state index is 0.0317. The molecular weight excluding hydrogens is 164 g/mol. The largest absolute Gasteiger partial charge is 0.386 e. The first-order chi connectivity index (χ1) is 6.38. The van der Waals surface area contributed by atoms with Gasteiger partial charge in [-0.05, 0) is 6.07 Å². The Morgan fingerprint density at radius 1 is 1.62 bits per heavy atom. The smallest absolute Gasteiger partial charge is 0.0993 e. The molecule has 2 atom stereocenters. The van der Waals surface area contributed by atoms with Crippen LogP contribution in [0.1, 0.15) is 11.7 Å². The van der Waals surface area contributed by atoms with Crippen molar-refractivity contribution in [3.05, 3.63) is 42.2 Å². The Labute approximate surface area is 77.1 Å². The fourth-order valence-corrected chi connectivity index (χ4v) is 1.46. The Kier molecular flexibility index (Phi) is 2.38. The molecule has 2 rings (SSSR count). The number of nitrogens with one attached hydrogen (secondary N) is 1. The molecule has 1 aromatic rings. The van der Waals surface area contributed by atoms with Crippen LogP contribution in [0.5, 0.6) is 0 Å². The van der Waals surface area contributed by atoms with Gasteiger partial charge >= 0.3 is 0 Å². The fraction of sp³-hybridized carbons (Fsp3) is 0.300. The van der Waals surface area contributed by atoms with Crippen LogP contribution in [0.2, 0.25) is 0 Å². The predicted octanol–water partition coefficient (Wildman–Crippen LogP) is 0.643. The van der Waals surface area contributed by atoms with Crippen molar-refractivity contribution in [1.29, 1.82) is 0 Å². The average molecular weight is 176 g/mol. The molecule has 2 N–H and O–H groups in total. The minimum atomic E-state index is -0.493. The molecule has 0 aliphatic carbocycles. The maximum Gasteiger partial charge on any atom is 0.0993 e. The molecule has 2 heterocycles. The monoisotopic (exact) mass is 176 g/mol. The molecule has 1 aliphatic heterocycles. The van der Waals surface area contributed by atoms with Gasteiger partial charge in [0.1, 0.15) is 0 Å². The van der Waals surface area contributed by atoms with Gasteiger partial charge in [-0.15, -0.1) is 0 Å². The standard InChI is InChI=1S/C10H12N2O/c13-10(9-4-2-6-12-9)8-3-1-5-11-7-8/h1-5,7,9-10,12-13H,6H2. The van der Waals surface area contributed by atoms with Crippen LogP contribution in [0.15, 0.2) is 36.7 Å². The molecule has 0 fully saturated rings. The molecule has 1 aliphatic rings. The van der Waals surface area contributed by atoms with Crippen LogP contribution < -0.4 is 5.32 Å². The molecule has 3 nitrogen and oxygen atoms in total. The van der Waals surface area contributed by atoms with Crippen molar-refractivity contribution in [2.75, 3.05) is 6.54 Å². The summed E-state index contributed by atoms with van der Waals surface area (Å²) >= 11 is 0. The number of aliphatic hydroxyl groups is 1. The zero-order chi connectivity index (χ0) is 9.10. The Hall–Kier alpha value is -1.19. The molecule has 0 saturated heterocycles. The van der Waals surface area contributed by atoms with E-state index in [0.717, 1.165) is 12.1 Å². The number of rotatable bonds is 2. The van der Waals surface area contributed by atoms with Crippen LogP contribution in [0, 0.1) is 0 Å². The van der Waals surface area contributed by atoms with Crippen molar-refractivity contribution >= 4 is 0 Å². The SMILES string of the molecule is OC(c1cccnc1)C1C=CCN1. The summed E-state index contributed by atoms with van der Waals surface area (Å²) in [4.78, 5) is 3.97. The Morgan fingerprint density at radius 2 is 2.54 bits per heavy atom. The van der Waals surface area contributed by atoms with E-state index in [1.807, 2.05) is 24.3 Å². The average Bonchev–Trinajstić information content (AvgIpc) is 2.71. The van der Waals surface area contributed by atoms with Gasteiger partial charge in [0.2, 0.25) is 0 Å². The molecule has 13 heavy (non-hydrogen) atoms. The highest BCUT2D eigenvalue weighted by Crippen LogP contribution is 2.17. The van der Waals surface area contributed by atoms with Gasteiger partial charge < -0.3 is 10.4 Å². The van der Waals surface area contributed by atoms with E-state index in [0.29, 0.717) is 0 Å². The quantitative estimate of drug-likeness (QED) is 0.650. The van der Waals surface area contributed by atoms with E-state index in [4.69, 9.17) is 0 Å². The summed E-state index contributed by atoms with van der Waals surface area (Å²) in [5, 5.41) is 13.0. The number of aliphatic hydroxyl groups excluding tert-OH is 1.